The van der Waals surface area contributed by atoms with Gasteiger partial charge < -0.3 is 5.32 Å². The van der Waals surface area contributed by atoms with E-state index in [0.717, 1.165) is 17.6 Å². The molecule has 0 aliphatic carbocycles. The van der Waals surface area contributed by atoms with Crippen LogP contribution in [0.25, 0.3) is 0 Å². The molecule has 1 aliphatic rings. The quantitative estimate of drug-likeness (QED) is 0.693. The molecule has 2 nitrogen and oxygen atoms in total. The Labute approximate surface area is 92.8 Å². The first kappa shape index (κ1) is 13.7. The molecular weight excluding hydrogens is 186 g/mol. The van der Waals surface area contributed by atoms with Crippen LogP contribution >= 0.6 is 0 Å². The van der Waals surface area contributed by atoms with Crippen molar-refractivity contribution in [2.75, 3.05) is 0 Å². The largest absolute Gasteiger partial charge is 0.345 e. The number of rotatable bonds is 2. The monoisotopic (exact) mass is 207 g/mol. The van der Waals surface area contributed by atoms with Crippen LogP contribution in [0, 0.1) is 0 Å². The van der Waals surface area contributed by atoms with Crippen LogP contribution in [0.3, 0.4) is 0 Å². The molecular formula is C13H21NO. The third-order valence-electron chi connectivity index (χ3n) is 2.24. The van der Waals surface area contributed by atoms with E-state index in [4.69, 9.17) is 0 Å². The van der Waals surface area contributed by atoms with Crippen LogP contribution in [0.2, 0.25) is 0 Å². The number of nitrogens with one attached hydrogen (secondary N) is 1. The molecule has 1 saturated heterocycles. The van der Waals surface area contributed by atoms with Crippen LogP contribution in [0.1, 0.15) is 34.1 Å². The SMILES string of the molecule is C=C/C=C1/C(=O)NC(CC)/C1=C/C.CC. The van der Waals surface area contributed by atoms with Crippen molar-refractivity contribution in [3.63, 3.8) is 0 Å². The second kappa shape index (κ2) is 7.04. The van der Waals surface area contributed by atoms with Crippen molar-refractivity contribution < 1.29 is 4.79 Å². The number of allylic oxidation sites excluding steroid dienone is 3. The molecule has 0 aromatic heterocycles. The van der Waals surface area contributed by atoms with E-state index in [9.17, 15) is 4.79 Å². The molecule has 2 heteroatoms. The predicted octanol–water partition coefficient (Wildman–Crippen LogP) is 2.98. The Kier molecular flexibility index (Phi) is 6.43. The van der Waals surface area contributed by atoms with Gasteiger partial charge >= 0.3 is 0 Å². The van der Waals surface area contributed by atoms with Gasteiger partial charge in [-0.3, -0.25) is 4.79 Å². The van der Waals surface area contributed by atoms with E-state index < -0.39 is 0 Å². The highest BCUT2D eigenvalue weighted by atomic mass is 16.2. The zero-order valence-electron chi connectivity index (χ0n) is 10.1. The molecule has 15 heavy (non-hydrogen) atoms. The van der Waals surface area contributed by atoms with Gasteiger partial charge in [-0.25, -0.2) is 0 Å². The Balaban J connectivity index is 0.000000921. The maximum Gasteiger partial charge on any atom is 0.252 e. The number of hydrogen-bond acceptors (Lipinski definition) is 1. The van der Waals surface area contributed by atoms with E-state index in [1.54, 1.807) is 12.2 Å². The topological polar surface area (TPSA) is 29.1 Å². The summed E-state index contributed by atoms with van der Waals surface area (Å²) in [6.45, 7) is 11.6. The van der Waals surface area contributed by atoms with Crippen LogP contribution in [-0.2, 0) is 4.79 Å². The lowest BCUT2D eigenvalue weighted by atomic mass is 10.0. The minimum absolute atomic E-state index is 0.0138. The molecule has 0 aromatic rings. The van der Waals surface area contributed by atoms with Crippen LogP contribution in [0.15, 0.2) is 36.0 Å². The number of amides is 1. The van der Waals surface area contributed by atoms with Crippen molar-refractivity contribution in [1.29, 1.82) is 0 Å². The minimum Gasteiger partial charge on any atom is -0.345 e. The normalized spacial score (nSPS) is 24.8. The van der Waals surface area contributed by atoms with Gasteiger partial charge in [0.2, 0.25) is 0 Å². The average Bonchev–Trinajstić information content (AvgIpc) is 2.58. The molecule has 1 amide bonds. The van der Waals surface area contributed by atoms with Gasteiger partial charge in [-0.15, -0.1) is 0 Å². The summed E-state index contributed by atoms with van der Waals surface area (Å²) < 4.78 is 0. The first-order valence-electron chi connectivity index (χ1n) is 5.54. The summed E-state index contributed by atoms with van der Waals surface area (Å²) in [6, 6.07) is 0.184. The lowest BCUT2D eigenvalue weighted by molar-refractivity contribution is -0.116. The number of hydrogen-bond donors (Lipinski definition) is 1. The Morgan fingerprint density at radius 1 is 1.47 bits per heavy atom. The molecule has 1 heterocycles. The van der Waals surface area contributed by atoms with E-state index in [0.29, 0.717) is 0 Å². The summed E-state index contributed by atoms with van der Waals surface area (Å²) in [4.78, 5) is 11.4. The average molecular weight is 207 g/mol. The standard InChI is InChI=1S/C11H15NO.C2H6/c1-4-7-9-8(5-2)10(6-3)12-11(9)13;1-2/h4-5,7,10H,1,6H2,2-3H3,(H,12,13);1-2H3/b8-5+,9-7+;. The van der Waals surface area contributed by atoms with Gasteiger partial charge in [-0.1, -0.05) is 39.5 Å². The molecule has 1 aliphatic heterocycles. The van der Waals surface area contributed by atoms with Crippen molar-refractivity contribution >= 4 is 5.91 Å². The fourth-order valence-electron chi connectivity index (χ4n) is 1.60. The smallest absolute Gasteiger partial charge is 0.252 e. The Morgan fingerprint density at radius 3 is 2.47 bits per heavy atom. The zero-order chi connectivity index (χ0) is 11.8. The van der Waals surface area contributed by atoms with Crippen molar-refractivity contribution in [3.05, 3.63) is 36.0 Å². The Morgan fingerprint density at radius 2 is 2.07 bits per heavy atom. The fraction of sp³-hybridized carbons (Fsp3) is 0.462. The molecule has 1 fully saturated rings. The number of carbonyl (C=O) groups is 1. The van der Waals surface area contributed by atoms with Crippen molar-refractivity contribution in [2.45, 2.75) is 40.2 Å². The first-order valence-corrected chi connectivity index (χ1v) is 5.54. The molecule has 0 spiro atoms. The van der Waals surface area contributed by atoms with E-state index in [1.165, 1.54) is 0 Å². The Hall–Kier alpha value is -1.31. The van der Waals surface area contributed by atoms with Crippen molar-refractivity contribution in [3.8, 4) is 0 Å². The van der Waals surface area contributed by atoms with Crippen LogP contribution in [0.4, 0.5) is 0 Å². The molecule has 84 valence electrons. The van der Waals surface area contributed by atoms with Gasteiger partial charge in [-0.05, 0) is 25.0 Å². The summed E-state index contributed by atoms with van der Waals surface area (Å²) in [5.41, 5.74) is 1.84. The number of carbonyl (C=O) groups excluding carboxylic acids is 1. The van der Waals surface area contributed by atoms with Crippen LogP contribution in [0.5, 0.6) is 0 Å². The molecule has 0 saturated carbocycles. The Bertz CT molecular complexity index is 287. The highest BCUT2D eigenvalue weighted by Crippen LogP contribution is 2.23. The third-order valence-corrected chi connectivity index (χ3v) is 2.24. The molecule has 0 aromatic carbocycles. The summed E-state index contributed by atoms with van der Waals surface area (Å²) in [7, 11) is 0. The van der Waals surface area contributed by atoms with Crippen molar-refractivity contribution in [1.82, 2.24) is 5.32 Å². The van der Waals surface area contributed by atoms with Crippen LogP contribution in [-0.4, -0.2) is 11.9 Å². The lowest BCUT2D eigenvalue weighted by Gasteiger charge is -2.06. The minimum atomic E-state index is 0.0138. The van der Waals surface area contributed by atoms with Gasteiger partial charge in [0.15, 0.2) is 0 Å². The van der Waals surface area contributed by atoms with Gasteiger partial charge in [0.05, 0.1) is 6.04 Å². The molecule has 1 rings (SSSR count). The maximum atomic E-state index is 11.4. The maximum absolute atomic E-state index is 11.4. The molecule has 1 unspecified atom stereocenters. The summed E-state index contributed by atoms with van der Waals surface area (Å²) in [6.07, 6.45) is 6.33. The molecule has 0 radical (unpaired) electrons. The molecule has 0 bridgehead atoms. The second-order valence-corrected chi connectivity index (χ2v) is 2.99. The summed E-state index contributed by atoms with van der Waals surface area (Å²) in [5, 5.41) is 2.92. The molecule has 1 N–H and O–H groups in total. The predicted molar refractivity (Wildman–Crippen MR) is 65.6 cm³/mol. The van der Waals surface area contributed by atoms with Gasteiger partial charge in [0, 0.05) is 5.57 Å². The van der Waals surface area contributed by atoms with Gasteiger partial charge in [0.25, 0.3) is 5.91 Å². The van der Waals surface area contributed by atoms with Crippen molar-refractivity contribution in [2.24, 2.45) is 0 Å². The van der Waals surface area contributed by atoms with Gasteiger partial charge in [0.1, 0.15) is 0 Å². The second-order valence-electron chi connectivity index (χ2n) is 2.99. The summed E-state index contributed by atoms with van der Waals surface area (Å²) in [5.74, 6) is 0.0138. The van der Waals surface area contributed by atoms with E-state index in [-0.39, 0.29) is 11.9 Å². The summed E-state index contributed by atoms with van der Waals surface area (Å²) >= 11 is 0. The highest BCUT2D eigenvalue weighted by Gasteiger charge is 2.29. The zero-order valence-corrected chi connectivity index (χ0v) is 10.1. The van der Waals surface area contributed by atoms with Gasteiger partial charge in [-0.2, -0.15) is 0 Å². The lowest BCUT2D eigenvalue weighted by Crippen LogP contribution is -2.25. The molecule has 1 atom stereocenters. The van der Waals surface area contributed by atoms with E-state index >= 15 is 0 Å². The van der Waals surface area contributed by atoms with Crippen LogP contribution < -0.4 is 5.32 Å². The van der Waals surface area contributed by atoms with E-state index in [2.05, 4.69) is 18.8 Å². The third kappa shape index (κ3) is 3.08. The fourth-order valence-corrected chi connectivity index (χ4v) is 1.60. The van der Waals surface area contributed by atoms with E-state index in [1.807, 2.05) is 26.8 Å². The first-order chi connectivity index (χ1) is 7.24. The highest BCUT2D eigenvalue weighted by molar-refractivity contribution is 6.02.